The predicted octanol–water partition coefficient (Wildman–Crippen LogP) is 4.42. The van der Waals surface area contributed by atoms with E-state index in [0.717, 1.165) is 41.8 Å². The lowest BCUT2D eigenvalue weighted by molar-refractivity contribution is 0.0762. The standard InChI is InChI=1S/C25H26FNO3S/c1-27-14-13-20-16-23(11-12-24(20)25(17-27)30-2)31(28,29)22-9-5-19(6-10-22)15-18-3-7-21(26)8-4-18/h3-12,16,25H,13-15,17H2,1-2H3. The van der Waals surface area contributed by atoms with Crippen molar-refractivity contribution in [3.63, 3.8) is 0 Å². The zero-order valence-electron chi connectivity index (χ0n) is 17.7. The van der Waals surface area contributed by atoms with Crippen molar-refractivity contribution in [2.45, 2.75) is 28.7 Å². The summed E-state index contributed by atoms with van der Waals surface area (Å²) in [5, 5.41) is 0. The van der Waals surface area contributed by atoms with E-state index in [1.807, 2.05) is 25.2 Å². The highest BCUT2D eigenvalue weighted by atomic mass is 32.2. The number of rotatable bonds is 5. The molecule has 0 aliphatic carbocycles. The van der Waals surface area contributed by atoms with Crippen molar-refractivity contribution >= 4 is 9.84 Å². The van der Waals surface area contributed by atoms with E-state index in [0.29, 0.717) is 11.3 Å². The number of likely N-dealkylation sites (N-methyl/N-ethyl adjacent to an activating group) is 1. The highest BCUT2D eigenvalue weighted by Crippen LogP contribution is 2.30. The molecule has 1 aliphatic rings. The monoisotopic (exact) mass is 439 g/mol. The zero-order valence-corrected chi connectivity index (χ0v) is 18.5. The Balaban J connectivity index is 1.59. The van der Waals surface area contributed by atoms with Gasteiger partial charge in [-0.3, -0.25) is 0 Å². The lowest BCUT2D eigenvalue weighted by Crippen LogP contribution is -2.24. The number of sulfone groups is 1. The van der Waals surface area contributed by atoms with Crippen molar-refractivity contribution in [2.24, 2.45) is 0 Å². The maximum Gasteiger partial charge on any atom is 0.206 e. The molecule has 1 atom stereocenters. The van der Waals surface area contributed by atoms with Crippen LogP contribution in [0.25, 0.3) is 0 Å². The second-order valence-electron chi connectivity index (χ2n) is 8.05. The molecule has 0 fully saturated rings. The average molecular weight is 440 g/mol. The van der Waals surface area contributed by atoms with Gasteiger partial charge in [0.25, 0.3) is 0 Å². The number of ether oxygens (including phenoxy) is 1. The Kier molecular flexibility index (Phi) is 6.23. The molecular formula is C25H26FNO3S. The quantitative estimate of drug-likeness (QED) is 0.590. The van der Waals surface area contributed by atoms with Crippen LogP contribution in [0.1, 0.15) is 28.4 Å². The molecule has 1 aliphatic heterocycles. The molecular weight excluding hydrogens is 413 g/mol. The van der Waals surface area contributed by atoms with E-state index in [9.17, 15) is 12.8 Å². The summed E-state index contributed by atoms with van der Waals surface area (Å²) in [5.74, 6) is -0.269. The number of methoxy groups -OCH3 is 1. The van der Waals surface area contributed by atoms with Crippen LogP contribution in [0.4, 0.5) is 4.39 Å². The lowest BCUT2D eigenvalue weighted by Gasteiger charge is -2.20. The molecule has 0 N–H and O–H groups in total. The van der Waals surface area contributed by atoms with E-state index in [-0.39, 0.29) is 16.8 Å². The van der Waals surface area contributed by atoms with Gasteiger partial charge < -0.3 is 9.64 Å². The molecule has 31 heavy (non-hydrogen) atoms. The Hall–Kier alpha value is -2.54. The normalized spacial score (nSPS) is 17.2. The van der Waals surface area contributed by atoms with Gasteiger partial charge in [0.2, 0.25) is 9.84 Å². The van der Waals surface area contributed by atoms with Crippen LogP contribution in [0.5, 0.6) is 0 Å². The van der Waals surface area contributed by atoms with E-state index in [1.54, 1.807) is 43.5 Å². The van der Waals surface area contributed by atoms with Gasteiger partial charge in [-0.2, -0.15) is 0 Å². The third kappa shape index (κ3) is 4.71. The summed E-state index contributed by atoms with van der Waals surface area (Å²) in [5.41, 5.74) is 4.02. The average Bonchev–Trinajstić information content (AvgIpc) is 2.94. The summed E-state index contributed by atoms with van der Waals surface area (Å²) < 4.78 is 45.2. The molecule has 4 rings (SSSR count). The number of fused-ring (bicyclic) bond motifs is 1. The number of nitrogens with zero attached hydrogens (tertiary/aromatic N) is 1. The molecule has 0 bridgehead atoms. The number of hydrogen-bond donors (Lipinski definition) is 0. The van der Waals surface area contributed by atoms with Gasteiger partial charge in [-0.15, -0.1) is 0 Å². The fourth-order valence-corrected chi connectivity index (χ4v) is 5.34. The van der Waals surface area contributed by atoms with Gasteiger partial charge in [-0.05, 0) is 78.5 Å². The van der Waals surface area contributed by atoms with E-state index in [4.69, 9.17) is 4.74 Å². The maximum absolute atomic E-state index is 13.2. The van der Waals surface area contributed by atoms with Gasteiger partial charge in [-0.25, -0.2) is 12.8 Å². The summed E-state index contributed by atoms with van der Waals surface area (Å²) in [7, 11) is 0.110. The first-order valence-electron chi connectivity index (χ1n) is 10.3. The number of benzene rings is 3. The predicted molar refractivity (Wildman–Crippen MR) is 118 cm³/mol. The minimum atomic E-state index is -3.62. The molecule has 6 heteroatoms. The minimum Gasteiger partial charge on any atom is -0.375 e. The molecule has 0 spiro atoms. The molecule has 1 unspecified atom stereocenters. The molecule has 4 nitrogen and oxygen atoms in total. The third-order valence-electron chi connectivity index (χ3n) is 5.85. The first kappa shape index (κ1) is 21.7. The van der Waals surface area contributed by atoms with Crippen LogP contribution in [0.15, 0.2) is 76.5 Å². The minimum absolute atomic E-state index is 0.0648. The molecule has 0 radical (unpaired) electrons. The van der Waals surface area contributed by atoms with E-state index < -0.39 is 9.84 Å². The summed E-state index contributed by atoms with van der Waals surface area (Å²) >= 11 is 0. The van der Waals surface area contributed by atoms with Crippen LogP contribution in [-0.4, -0.2) is 40.6 Å². The maximum atomic E-state index is 13.2. The third-order valence-corrected chi connectivity index (χ3v) is 7.62. The fourth-order valence-electron chi connectivity index (χ4n) is 4.03. The Morgan fingerprint density at radius 3 is 2.23 bits per heavy atom. The van der Waals surface area contributed by atoms with Crippen LogP contribution in [0.3, 0.4) is 0 Å². The molecule has 3 aromatic rings. The first-order valence-corrected chi connectivity index (χ1v) is 11.8. The van der Waals surface area contributed by atoms with Gasteiger partial charge in [0, 0.05) is 20.2 Å². The van der Waals surface area contributed by atoms with Crippen LogP contribution < -0.4 is 0 Å². The van der Waals surface area contributed by atoms with E-state index >= 15 is 0 Å². The number of halogens is 1. The molecule has 3 aromatic carbocycles. The Bertz CT molecular complexity index is 1160. The van der Waals surface area contributed by atoms with Crippen LogP contribution in [0.2, 0.25) is 0 Å². The van der Waals surface area contributed by atoms with Crippen LogP contribution in [0, 0.1) is 5.82 Å². The van der Waals surface area contributed by atoms with E-state index in [2.05, 4.69) is 4.90 Å². The van der Waals surface area contributed by atoms with Gasteiger partial charge in [0.05, 0.1) is 15.9 Å². The highest BCUT2D eigenvalue weighted by molar-refractivity contribution is 7.91. The smallest absolute Gasteiger partial charge is 0.206 e. The second kappa shape index (κ2) is 8.91. The molecule has 1 heterocycles. The summed E-state index contributed by atoms with van der Waals surface area (Å²) in [6, 6.07) is 18.6. The Labute approximate surface area is 183 Å². The SMILES string of the molecule is COC1CN(C)CCc2cc(S(=O)(=O)c3ccc(Cc4ccc(F)cc4)cc3)ccc21. The molecule has 0 amide bonds. The molecule has 0 saturated heterocycles. The van der Waals surface area contributed by atoms with Crippen molar-refractivity contribution < 1.29 is 17.5 Å². The Morgan fingerprint density at radius 2 is 1.58 bits per heavy atom. The molecule has 162 valence electrons. The second-order valence-corrected chi connectivity index (χ2v) is 10.00. The molecule has 0 saturated carbocycles. The fraction of sp³-hybridized carbons (Fsp3) is 0.280. The lowest BCUT2D eigenvalue weighted by atomic mass is 10.0. The summed E-state index contributed by atoms with van der Waals surface area (Å²) in [6.07, 6.45) is 1.34. The topological polar surface area (TPSA) is 46.6 Å². The van der Waals surface area contributed by atoms with Gasteiger partial charge in [0.15, 0.2) is 0 Å². The van der Waals surface area contributed by atoms with Crippen molar-refractivity contribution in [1.29, 1.82) is 0 Å². The van der Waals surface area contributed by atoms with E-state index in [1.165, 1.54) is 12.1 Å². The van der Waals surface area contributed by atoms with Crippen LogP contribution in [-0.2, 0) is 27.4 Å². The first-order chi connectivity index (χ1) is 14.9. The van der Waals surface area contributed by atoms with Crippen molar-refractivity contribution in [2.75, 3.05) is 27.2 Å². The summed E-state index contributed by atoms with van der Waals surface area (Å²) in [6.45, 7) is 1.64. The van der Waals surface area contributed by atoms with Crippen molar-refractivity contribution in [1.82, 2.24) is 4.90 Å². The van der Waals surface area contributed by atoms with Gasteiger partial charge in [0.1, 0.15) is 5.82 Å². The highest BCUT2D eigenvalue weighted by Gasteiger charge is 2.24. The Morgan fingerprint density at radius 1 is 0.968 bits per heavy atom. The van der Waals surface area contributed by atoms with Crippen LogP contribution >= 0.6 is 0 Å². The summed E-state index contributed by atoms with van der Waals surface area (Å²) in [4.78, 5) is 2.77. The van der Waals surface area contributed by atoms with Crippen molar-refractivity contribution in [3.05, 3.63) is 94.8 Å². The molecule has 0 aromatic heterocycles. The van der Waals surface area contributed by atoms with Gasteiger partial charge in [-0.1, -0.05) is 30.3 Å². The zero-order chi connectivity index (χ0) is 22.0. The van der Waals surface area contributed by atoms with Gasteiger partial charge >= 0.3 is 0 Å². The van der Waals surface area contributed by atoms with Crippen molar-refractivity contribution in [3.8, 4) is 0 Å². The largest absolute Gasteiger partial charge is 0.375 e. The number of hydrogen-bond acceptors (Lipinski definition) is 4.